The highest BCUT2D eigenvalue weighted by atomic mass is 19.2. The first-order chi connectivity index (χ1) is 6.29. The topological polar surface area (TPSA) is 26.3 Å². The first kappa shape index (κ1) is 13.3. The highest BCUT2D eigenvalue weighted by molar-refractivity contribution is 5.75. The van der Waals surface area contributed by atoms with Gasteiger partial charge in [-0.15, -0.1) is 0 Å². The highest BCUT2D eigenvalue weighted by Crippen LogP contribution is 2.27. The Kier molecular flexibility index (Phi) is 5.02. The van der Waals surface area contributed by atoms with E-state index in [1.807, 2.05) is 13.8 Å². The molecule has 0 aromatic rings. The van der Waals surface area contributed by atoms with E-state index in [2.05, 4.69) is 4.74 Å². The van der Waals surface area contributed by atoms with Crippen LogP contribution < -0.4 is 0 Å². The van der Waals surface area contributed by atoms with Crippen LogP contribution in [0.4, 0.5) is 8.78 Å². The van der Waals surface area contributed by atoms with Crippen molar-refractivity contribution in [3.8, 4) is 0 Å². The van der Waals surface area contributed by atoms with Gasteiger partial charge in [-0.05, 0) is 26.2 Å². The molecule has 0 heterocycles. The van der Waals surface area contributed by atoms with Crippen LogP contribution in [-0.2, 0) is 9.53 Å². The molecule has 14 heavy (non-hydrogen) atoms. The lowest BCUT2D eigenvalue weighted by atomic mass is 9.84. The zero-order valence-electron chi connectivity index (χ0n) is 9.14. The zero-order valence-corrected chi connectivity index (χ0v) is 9.14. The summed E-state index contributed by atoms with van der Waals surface area (Å²) in [6.45, 7) is 5.96. The van der Waals surface area contributed by atoms with Crippen LogP contribution in [0.15, 0.2) is 0 Å². The van der Waals surface area contributed by atoms with Crippen molar-refractivity contribution >= 4 is 5.97 Å². The number of rotatable bonds is 5. The van der Waals surface area contributed by atoms with E-state index >= 15 is 0 Å². The summed E-state index contributed by atoms with van der Waals surface area (Å²) >= 11 is 0. The first-order valence-corrected chi connectivity index (χ1v) is 4.70. The largest absolute Gasteiger partial charge is 0.428 e. The van der Waals surface area contributed by atoms with Gasteiger partial charge in [-0.25, -0.2) is 4.39 Å². The number of hydrogen-bond donors (Lipinski definition) is 0. The molecule has 0 fully saturated rings. The normalized spacial score (nSPS) is 14.2. The summed E-state index contributed by atoms with van der Waals surface area (Å²) < 4.78 is 28.5. The molecule has 0 radical (unpaired) electrons. The van der Waals surface area contributed by atoms with Gasteiger partial charge in [-0.3, -0.25) is 4.79 Å². The number of halogens is 2. The Balaban J connectivity index is 4.21. The van der Waals surface area contributed by atoms with E-state index in [1.165, 1.54) is 0 Å². The maximum absolute atomic E-state index is 12.4. The van der Waals surface area contributed by atoms with Crippen LogP contribution in [0, 0.1) is 11.3 Å². The highest BCUT2D eigenvalue weighted by Gasteiger charge is 2.32. The molecule has 84 valence electrons. The van der Waals surface area contributed by atoms with Gasteiger partial charge < -0.3 is 4.74 Å². The molecule has 0 aliphatic carbocycles. The Morgan fingerprint density at radius 1 is 1.43 bits per heavy atom. The summed E-state index contributed by atoms with van der Waals surface area (Å²) in [4.78, 5) is 11.3. The minimum Gasteiger partial charge on any atom is -0.428 e. The van der Waals surface area contributed by atoms with Crippen LogP contribution >= 0.6 is 0 Å². The third-order valence-corrected chi connectivity index (χ3v) is 1.83. The maximum atomic E-state index is 12.4. The van der Waals surface area contributed by atoms with E-state index in [4.69, 9.17) is 0 Å². The summed E-state index contributed by atoms with van der Waals surface area (Å²) in [5.41, 5.74) is -0.756. The lowest BCUT2D eigenvalue weighted by Crippen LogP contribution is -2.31. The monoisotopic (exact) mass is 208 g/mol. The van der Waals surface area contributed by atoms with Gasteiger partial charge in [0.25, 0.3) is 6.36 Å². The van der Waals surface area contributed by atoms with Gasteiger partial charge in [0, 0.05) is 0 Å². The van der Waals surface area contributed by atoms with Gasteiger partial charge in [-0.1, -0.05) is 13.8 Å². The predicted octanol–water partition coefficient (Wildman–Crippen LogP) is 2.87. The van der Waals surface area contributed by atoms with Crippen molar-refractivity contribution in [2.75, 3.05) is 6.67 Å². The Bertz CT molecular complexity index is 191. The van der Waals surface area contributed by atoms with E-state index < -0.39 is 24.4 Å². The fraction of sp³-hybridized carbons (Fsp3) is 0.900. The Morgan fingerprint density at radius 3 is 2.29 bits per heavy atom. The molecule has 0 spiro atoms. The Labute approximate surface area is 83.6 Å². The van der Waals surface area contributed by atoms with Crippen LogP contribution in [0.5, 0.6) is 0 Å². The van der Waals surface area contributed by atoms with E-state index in [0.29, 0.717) is 12.3 Å². The number of hydrogen-bond acceptors (Lipinski definition) is 2. The molecule has 0 aromatic heterocycles. The number of alkyl halides is 2. The van der Waals surface area contributed by atoms with Crippen molar-refractivity contribution in [2.45, 2.75) is 40.5 Å². The standard InChI is InChI=1S/C10H18F2O2/c1-7(2)5-10(3,4)9(13)14-8(12)6-11/h7-8H,5-6H2,1-4H3. The van der Waals surface area contributed by atoms with Gasteiger partial charge in [0.15, 0.2) is 6.67 Å². The van der Waals surface area contributed by atoms with Crippen LogP contribution in [0.2, 0.25) is 0 Å². The van der Waals surface area contributed by atoms with Crippen LogP contribution in [0.3, 0.4) is 0 Å². The van der Waals surface area contributed by atoms with Crippen molar-refractivity contribution in [3.63, 3.8) is 0 Å². The number of ether oxygens (including phenoxy) is 1. The van der Waals surface area contributed by atoms with Crippen LogP contribution in [0.1, 0.15) is 34.1 Å². The van der Waals surface area contributed by atoms with Gasteiger partial charge in [0.05, 0.1) is 5.41 Å². The molecule has 0 aliphatic heterocycles. The van der Waals surface area contributed by atoms with Crippen LogP contribution in [0.25, 0.3) is 0 Å². The predicted molar refractivity (Wildman–Crippen MR) is 50.2 cm³/mol. The second-order valence-corrected chi connectivity index (χ2v) is 4.45. The maximum Gasteiger partial charge on any atom is 0.314 e. The van der Waals surface area contributed by atoms with E-state index in [1.54, 1.807) is 13.8 Å². The van der Waals surface area contributed by atoms with Crippen molar-refractivity contribution in [3.05, 3.63) is 0 Å². The molecule has 0 amide bonds. The van der Waals surface area contributed by atoms with Crippen molar-refractivity contribution in [1.82, 2.24) is 0 Å². The van der Waals surface area contributed by atoms with Gasteiger partial charge in [0.2, 0.25) is 0 Å². The Morgan fingerprint density at radius 2 is 1.93 bits per heavy atom. The van der Waals surface area contributed by atoms with E-state index in [-0.39, 0.29) is 0 Å². The lowest BCUT2D eigenvalue weighted by Gasteiger charge is -2.24. The molecule has 4 heteroatoms. The Hall–Kier alpha value is -0.670. The van der Waals surface area contributed by atoms with Gasteiger partial charge >= 0.3 is 5.97 Å². The van der Waals surface area contributed by atoms with E-state index in [0.717, 1.165) is 0 Å². The molecule has 0 saturated heterocycles. The fourth-order valence-corrected chi connectivity index (χ4v) is 1.41. The van der Waals surface area contributed by atoms with Crippen molar-refractivity contribution in [2.24, 2.45) is 11.3 Å². The summed E-state index contributed by atoms with van der Waals surface area (Å²) in [7, 11) is 0. The minimum atomic E-state index is -2.13. The third kappa shape index (κ3) is 4.53. The first-order valence-electron chi connectivity index (χ1n) is 4.70. The molecule has 0 aromatic carbocycles. The molecule has 1 atom stereocenters. The molecule has 2 nitrogen and oxygen atoms in total. The fourth-order valence-electron chi connectivity index (χ4n) is 1.41. The number of carbonyl (C=O) groups excluding carboxylic acids is 1. The smallest absolute Gasteiger partial charge is 0.314 e. The lowest BCUT2D eigenvalue weighted by molar-refractivity contribution is -0.170. The molecule has 0 rings (SSSR count). The van der Waals surface area contributed by atoms with Crippen molar-refractivity contribution in [1.29, 1.82) is 0 Å². The quantitative estimate of drug-likeness (QED) is 0.649. The summed E-state index contributed by atoms with van der Waals surface area (Å²) in [5.74, 6) is -0.377. The molecule has 0 aliphatic rings. The third-order valence-electron chi connectivity index (χ3n) is 1.83. The van der Waals surface area contributed by atoms with E-state index in [9.17, 15) is 13.6 Å². The molecular formula is C10H18F2O2. The molecule has 0 N–H and O–H groups in total. The average Bonchev–Trinajstić information content (AvgIpc) is 2.01. The minimum absolute atomic E-state index is 0.306. The molecule has 0 saturated carbocycles. The van der Waals surface area contributed by atoms with Crippen LogP contribution in [-0.4, -0.2) is 19.0 Å². The second kappa shape index (κ2) is 5.27. The summed E-state index contributed by atoms with van der Waals surface area (Å²) in [6.07, 6.45) is -1.54. The molecule has 1 unspecified atom stereocenters. The average molecular weight is 208 g/mol. The van der Waals surface area contributed by atoms with Gasteiger partial charge in [0.1, 0.15) is 0 Å². The second-order valence-electron chi connectivity index (χ2n) is 4.45. The van der Waals surface area contributed by atoms with Crippen molar-refractivity contribution < 1.29 is 18.3 Å². The van der Waals surface area contributed by atoms with Gasteiger partial charge in [-0.2, -0.15) is 4.39 Å². The molecular weight excluding hydrogens is 190 g/mol. The number of carbonyl (C=O) groups is 1. The summed E-state index contributed by atoms with van der Waals surface area (Å²) in [5, 5.41) is 0. The number of esters is 1. The zero-order chi connectivity index (χ0) is 11.4. The summed E-state index contributed by atoms with van der Waals surface area (Å²) in [6, 6.07) is 0. The molecule has 0 bridgehead atoms. The SMILES string of the molecule is CC(C)CC(C)(C)C(=O)OC(F)CF.